The monoisotopic (exact) mass is 348 g/mol. The highest BCUT2D eigenvalue weighted by Crippen LogP contribution is 2.22. The Hall–Kier alpha value is -2.19. The summed E-state index contributed by atoms with van der Waals surface area (Å²) >= 11 is 0. The van der Waals surface area contributed by atoms with Crippen LogP contribution in [0.3, 0.4) is 0 Å². The molecule has 1 saturated heterocycles. The summed E-state index contributed by atoms with van der Waals surface area (Å²) in [5.41, 5.74) is 1.01. The normalized spacial score (nSPS) is 18.0. The van der Waals surface area contributed by atoms with E-state index in [1.54, 1.807) is 30.5 Å². The number of benzene rings is 1. The van der Waals surface area contributed by atoms with E-state index in [0.29, 0.717) is 24.2 Å². The Labute approximate surface area is 141 Å². The molecule has 128 valence electrons. The van der Waals surface area contributed by atoms with Crippen molar-refractivity contribution in [1.82, 2.24) is 14.7 Å². The number of likely N-dealkylation sites (tertiary alicyclic amines) is 1. The molecule has 1 aromatic heterocycles. The van der Waals surface area contributed by atoms with Crippen LogP contribution in [0.5, 0.6) is 0 Å². The number of carbonyl (C=O) groups is 1. The highest BCUT2D eigenvalue weighted by molar-refractivity contribution is 7.88. The number of nitrogens with zero attached hydrogens (tertiary/aromatic N) is 3. The van der Waals surface area contributed by atoms with Crippen LogP contribution in [0.15, 0.2) is 42.7 Å². The number of rotatable bonds is 5. The van der Waals surface area contributed by atoms with Gasteiger partial charge in [0.25, 0.3) is 5.91 Å². The summed E-state index contributed by atoms with van der Waals surface area (Å²) in [6.45, 7) is 1.36. The number of sulfonamides is 1. The molecule has 0 aliphatic carbocycles. The number of hydrogen-bond acceptors (Lipinski definition) is 4. The average molecular weight is 348 g/mol. The highest BCUT2D eigenvalue weighted by Gasteiger charge is 2.29. The van der Waals surface area contributed by atoms with Crippen LogP contribution in [0, 0.1) is 0 Å². The standard InChI is InChI=1S/C16H20N4O3S/c17-24(22,23)12-13-4-1-5-14(10-13)16(21)20-9-2-6-15(20)11-19-8-3-7-18-19/h1,3-5,7-8,10,15H,2,6,9,11-12H2,(H2,17,22,23)/t15-/m1/s1. The molecule has 1 aromatic carbocycles. The molecular weight excluding hydrogens is 328 g/mol. The maximum absolute atomic E-state index is 12.8. The zero-order valence-corrected chi connectivity index (χ0v) is 14.0. The SMILES string of the molecule is NS(=O)(=O)Cc1cccc(C(=O)N2CCC[C@@H]2Cn2cccn2)c1. The van der Waals surface area contributed by atoms with Crippen molar-refractivity contribution in [3.8, 4) is 0 Å². The van der Waals surface area contributed by atoms with Gasteiger partial charge in [0.05, 0.1) is 18.3 Å². The Morgan fingerprint density at radius 3 is 2.88 bits per heavy atom. The Balaban J connectivity index is 1.76. The molecule has 2 heterocycles. The highest BCUT2D eigenvalue weighted by atomic mass is 32.2. The lowest BCUT2D eigenvalue weighted by Gasteiger charge is -2.25. The molecule has 7 nitrogen and oxygen atoms in total. The second-order valence-corrected chi connectivity index (χ2v) is 7.64. The Bertz CT molecular complexity index is 818. The van der Waals surface area contributed by atoms with Crippen molar-refractivity contribution in [3.63, 3.8) is 0 Å². The molecule has 2 aromatic rings. The number of primary sulfonamides is 1. The molecule has 2 N–H and O–H groups in total. The molecule has 0 radical (unpaired) electrons. The molecule has 3 rings (SSSR count). The summed E-state index contributed by atoms with van der Waals surface area (Å²) in [6.07, 6.45) is 5.49. The van der Waals surface area contributed by atoms with E-state index in [-0.39, 0.29) is 17.7 Å². The van der Waals surface area contributed by atoms with E-state index >= 15 is 0 Å². The largest absolute Gasteiger partial charge is 0.334 e. The molecule has 0 bridgehead atoms. The Morgan fingerprint density at radius 1 is 1.33 bits per heavy atom. The van der Waals surface area contributed by atoms with Crippen molar-refractivity contribution in [2.24, 2.45) is 5.14 Å². The van der Waals surface area contributed by atoms with E-state index in [1.807, 2.05) is 21.8 Å². The molecule has 0 unspecified atom stereocenters. The molecule has 1 aliphatic rings. The number of nitrogens with two attached hydrogens (primary N) is 1. The van der Waals surface area contributed by atoms with Crippen molar-refractivity contribution in [2.45, 2.75) is 31.2 Å². The van der Waals surface area contributed by atoms with Gasteiger partial charge in [-0.3, -0.25) is 9.48 Å². The van der Waals surface area contributed by atoms with Gasteiger partial charge in [-0.05, 0) is 36.6 Å². The summed E-state index contributed by atoms with van der Waals surface area (Å²) in [6, 6.07) is 8.62. The molecule has 0 spiro atoms. The van der Waals surface area contributed by atoms with Gasteiger partial charge < -0.3 is 4.90 Å². The van der Waals surface area contributed by atoms with Crippen LogP contribution in [-0.4, -0.2) is 41.6 Å². The first kappa shape index (κ1) is 16.7. The van der Waals surface area contributed by atoms with E-state index in [1.165, 1.54) is 0 Å². The molecule has 1 amide bonds. The number of amides is 1. The number of aromatic nitrogens is 2. The topological polar surface area (TPSA) is 98.3 Å². The number of carbonyl (C=O) groups excluding carboxylic acids is 1. The van der Waals surface area contributed by atoms with Crippen molar-refractivity contribution < 1.29 is 13.2 Å². The predicted octanol–water partition coefficient (Wildman–Crippen LogP) is 0.976. The van der Waals surface area contributed by atoms with Crippen molar-refractivity contribution in [3.05, 3.63) is 53.9 Å². The summed E-state index contributed by atoms with van der Waals surface area (Å²) in [7, 11) is -3.62. The van der Waals surface area contributed by atoms with Crippen LogP contribution in [0.2, 0.25) is 0 Å². The van der Waals surface area contributed by atoms with E-state index < -0.39 is 10.0 Å². The third kappa shape index (κ3) is 4.01. The molecule has 0 saturated carbocycles. The van der Waals surface area contributed by atoms with Crippen molar-refractivity contribution in [1.29, 1.82) is 0 Å². The Morgan fingerprint density at radius 2 is 2.17 bits per heavy atom. The predicted molar refractivity (Wildman–Crippen MR) is 89.5 cm³/mol. The molecular formula is C16H20N4O3S. The first-order valence-corrected chi connectivity index (χ1v) is 9.52. The molecule has 1 fully saturated rings. The van der Waals surface area contributed by atoms with Crippen LogP contribution >= 0.6 is 0 Å². The van der Waals surface area contributed by atoms with Crippen molar-refractivity contribution >= 4 is 15.9 Å². The summed E-state index contributed by atoms with van der Waals surface area (Å²) < 4.78 is 24.3. The maximum Gasteiger partial charge on any atom is 0.254 e. The zero-order valence-electron chi connectivity index (χ0n) is 13.2. The minimum atomic E-state index is -3.62. The van der Waals surface area contributed by atoms with E-state index in [9.17, 15) is 13.2 Å². The smallest absolute Gasteiger partial charge is 0.254 e. The Kier molecular flexibility index (Phi) is 4.68. The third-order valence-corrected chi connectivity index (χ3v) is 4.87. The molecule has 1 aliphatic heterocycles. The zero-order chi connectivity index (χ0) is 17.2. The van der Waals surface area contributed by atoms with Crippen LogP contribution in [0.4, 0.5) is 0 Å². The second kappa shape index (κ2) is 6.74. The van der Waals surface area contributed by atoms with Crippen LogP contribution in [-0.2, 0) is 22.3 Å². The van der Waals surface area contributed by atoms with Crippen LogP contribution in [0.1, 0.15) is 28.8 Å². The summed E-state index contributed by atoms with van der Waals surface area (Å²) in [4.78, 5) is 14.7. The van der Waals surface area contributed by atoms with Gasteiger partial charge in [0.2, 0.25) is 10.0 Å². The summed E-state index contributed by atoms with van der Waals surface area (Å²) in [5, 5.41) is 9.28. The van der Waals surface area contributed by atoms with Gasteiger partial charge >= 0.3 is 0 Å². The van der Waals surface area contributed by atoms with Gasteiger partial charge in [0, 0.05) is 24.5 Å². The average Bonchev–Trinajstić information content (AvgIpc) is 3.17. The maximum atomic E-state index is 12.8. The quantitative estimate of drug-likeness (QED) is 0.870. The van der Waals surface area contributed by atoms with Gasteiger partial charge in [-0.15, -0.1) is 0 Å². The van der Waals surface area contributed by atoms with Crippen molar-refractivity contribution in [2.75, 3.05) is 6.54 Å². The first-order valence-electron chi connectivity index (χ1n) is 7.80. The molecule has 8 heteroatoms. The van der Waals surface area contributed by atoms with Gasteiger partial charge in [-0.1, -0.05) is 12.1 Å². The van der Waals surface area contributed by atoms with Crippen LogP contribution in [0.25, 0.3) is 0 Å². The third-order valence-electron chi connectivity index (χ3n) is 4.14. The lowest BCUT2D eigenvalue weighted by molar-refractivity contribution is 0.0721. The summed E-state index contributed by atoms with van der Waals surface area (Å²) in [5.74, 6) is -0.355. The number of hydrogen-bond donors (Lipinski definition) is 1. The van der Waals surface area contributed by atoms with Gasteiger partial charge in [-0.2, -0.15) is 5.10 Å². The van der Waals surface area contributed by atoms with E-state index in [4.69, 9.17) is 5.14 Å². The fraction of sp³-hybridized carbons (Fsp3) is 0.375. The van der Waals surface area contributed by atoms with Crippen LogP contribution < -0.4 is 5.14 Å². The second-order valence-electron chi connectivity index (χ2n) is 6.03. The fourth-order valence-electron chi connectivity index (χ4n) is 3.11. The van der Waals surface area contributed by atoms with Gasteiger partial charge in [0.1, 0.15) is 0 Å². The molecule has 24 heavy (non-hydrogen) atoms. The lowest BCUT2D eigenvalue weighted by Crippen LogP contribution is -2.38. The minimum Gasteiger partial charge on any atom is -0.334 e. The lowest BCUT2D eigenvalue weighted by atomic mass is 10.1. The van der Waals surface area contributed by atoms with E-state index in [2.05, 4.69) is 5.10 Å². The minimum absolute atomic E-state index is 0.0825. The van der Waals surface area contributed by atoms with Gasteiger partial charge in [0.15, 0.2) is 0 Å². The fourth-order valence-corrected chi connectivity index (χ4v) is 3.75. The van der Waals surface area contributed by atoms with Gasteiger partial charge in [-0.25, -0.2) is 13.6 Å². The first-order chi connectivity index (χ1) is 11.4. The molecule has 1 atom stereocenters. The van der Waals surface area contributed by atoms with E-state index in [0.717, 1.165) is 12.8 Å².